The number of nitrogens with zero attached hydrogens (tertiary/aromatic N) is 2. The summed E-state index contributed by atoms with van der Waals surface area (Å²) in [7, 11) is 1.72. The van der Waals surface area contributed by atoms with Crippen LogP contribution in [0.1, 0.15) is 33.2 Å². The highest BCUT2D eigenvalue weighted by atomic mass is 16.5. The predicted molar refractivity (Wildman–Crippen MR) is 62.2 cm³/mol. The van der Waals surface area contributed by atoms with Crippen molar-refractivity contribution in [2.75, 3.05) is 19.0 Å². The number of aromatic nitrogens is 2. The minimum atomic E-state index is 0.309. The lowest BCUT2D eigenvalue weighted by Gasteiger charge is -2.18. The number of imidazole rings is 1. The third-order valence-electron chi connectivity index (χ3n) is 2.54. The number of hydrogen-bond donors (Lipinski definition) is 1. The number of ether oxygens (including phenoxy) is 1. The molecule has 0 saturated carbocycles. The van der Waals surface area contributed by atoms with E-state index in [2.05, 4.69) is 35.6 Å². The van der Waals surface area contributed by atoms with E-state index in [4.69, 9.17) is 4.74 Å². The molecule has 4 nitrogen and oxygen atoms in total. The van der Waals surface area contributed by atoms with Crippen molar-refractivity contribution in [1.82, 2.24) is 9.55 Å². The van der Waals surface area contributed by atoms with Crippen molar-refractivity contribution in [3.63, 3.8) is 0 Å². The molecule has 15 heavy (non-hydrogen) atoms. The van der Waals surface area contributed by atoms with Crippen LogP contribution in [-0.2, 0) is 4.74 Å². The smallest absolute Gasteiger partial charge is 0.203 e. The fraction of sp³-hybridized carbons (Fsp3) is 0.727. The second-order valence-electron chi connectivity index (χ2n) is 3.92. The van der Waals surface area contributed by atoms with Gasteiger partial charge in [-0.15, -0.1) is 0 Å². The van der Waals surface area contributed by atoms with Gasteiger partial charge in [0.25, 0.3) is 0 Å². The first-order valence-corrected chi connectivity index (χ1v) is 5.47. The zero-order valence-electron chi connectivity index (χ0n) is 10.0. The van der Waals surface area contributed by atoms with E-state index in [-0.39, 0.29) is 0 Å². The highest BCUT2D eigenvalue weighted by Crippen LogP contribution is 2.14. The lowest BCUT2D eigenvalue weighted by atomic mass is 10.3. The molecule has 0 spiro atoms. The van der Waals surface area contributed by atoms with Crippen molar-refractivity contribution in [2.24, 2.45) is 0 Å². The molecule has 1 rings (SSSR count). The zero-order chi connectivity index (χ0) is 11.3. The number of nitrogens with one attached hydrogen (secondary N) is 1. The molecule has 0 radical (unpaired) electrons. The predicted octanol–water partition coefficient (Wildman–Crippen LogP) is 2.30. The van der Waals surface area contributed by atoms with Crippen molar-refractivity contribution in [1.29, 1.82) is 0 Å². The Morgan fingerprint density at radius 2 is 2.27 bits per heavy atom. The zero-order valence-corrected chi connectivity index (χ0v) is 10.0. The Labute approximate surface area is 91.7 Å². The van der Waals surface area contributed by atoms with Crippen LogP contribution in [0, 0.1) is 0 Å². The van der Waals surface area contributed by atoms with E-state index in [9.17, 15) is 0 Å². The van der Waals surface area contributed by atoms with E-state index in [1.807, 2.05) is 12.4 Å². The molecule has 86 valence electrons. The van der Waals surface area contributed by atoms with Crippen LogP contribution in [-0.4, -0.2) is 29.3 Å². The molecule has 2 unspecified atom stereocenters. The average Bonchev–Trinajstić information content (AvgIpc) is 2.66. The second kappa shape index (κ2) is 5.75. The Kier molecular flexibility index (Phi) is 4.62. The van der Waals surface area contributed by atoms with Gasteiger partial charge in [0.2, 0.25) is 5.95 Å². The molecule has 0 amide bonds. The fourth-order valence-corrected chi connectivity index (χ4v) is 1.42. The molecule has 1 N–H and O–H groups in total. The van der Waals surface area contributed by atoms with Gasteiger partial charge in [0.15, 0.2) is 0 Å². The lowest BCUT2D eigenvalue weighted by Crippen LogP contribution is -2.20. The summed E-state index contributed by atoms with van der Waals surface area (Å²) in [6, 6.07) is 0.755. The van der Waals surface area contributed by atoms with Crippen molar-refractivity contribution in [2.45, 2.75) is 39.3 Å². The van der Waals surface area contributed by atoms with E-state index < -0.39 is 0 Å². The molecule has 1 heterocycles. The standard InChI is InChI=1S/C11H21N3O/c1-5-9(2)13-11-12-6-7-14(11)10(3)8-15-4/h6-7,9-10H,5,8H2,1-4H3,(H,12,13). The van der Waals surface area contributed by atoms with Crippen LogP contribution in [0.15, 0.2) is 12.4 Å². The molecule has 1 aromatic rings. The van der Waals surface area contributed by atoms with Crippen molar-refractivity contribution in [3.8, 4) is 0 Å². The van der Waals surface area contributed by atoms with Crippen LogP contribution >= 0.6 is 0 Å². The molecule has 0 aliphatic rings. The van der Waals surface area contributed by atoms with Gasteiger partial charge in [0.1, 0.15) is 0 Å². The van der Waals surface area contributed by atoms with Gasteiger partial charge >= 0.3 is 0 Å². The number of methoxy groups -OCH3 is 1. The van der Waals surface area contributed by atoms with Gasteiger partial charge in [-0.2, -0.15) is 0 Å². The lowest BCUT2D eigenvalue weighted by molar-refractivity contribution is 0.163. The van der Waals surface area contributed by atoms with Crippen LogP contribution in [0.2, 0.25) is 0 Å². The highest BCUT2D eigenvalue weighted by molar-refractivity contribution is 5.27. The summed E-state index contributed by atoms with van der Waals surface area (Å²) in [5.41, 5.74) is 0. The number of hydrogen-bond acceptors (Lipinski definition) is 3. The van der Waals surface area contributed by atoms with E-state index in [0.717, 1.165) is 12.4 Å². The summed E-state index contributed by atoms with van der Waals surface area (Å²) in [4.78, 5) is 4.30. The average molecular weight is 211 g/mol. The molecule has 4 heteroatoms. The maximum absolute atomic E-state index is 5.14. The first-order chi connectivity index (χ1) is 7.19. The second-order valence-corrected chi connectivity index (χ2v) is 3.92. The summed E-state index contributed by atoms with van der Waals surface area (Å²) in [6.45, 7) is 7.13. The minimum Gasteiger partial charge on any atom is -0.383 e. The van der Waals surface area contributed by atoms with Gasteiger partial charge in [-0.3, -0.25) is 0 Å². The molecular formula is C11H21N3O. The number of rotatable bonds is 6. The summed E-state index contributed by atoms with van der Waals surface area (Å²) < 4.78 is 7.24. The Hall–Kier alpha value is -1.03. The first-order valence-electron chi connectivity index (χ1n) is 5.47. The van der Waals surface area contributed by atoms with Crippen molar-refractivity contribution >= 4 is 5.95 Å². The molecule has 0 aliphatic carbocycles. The number of anilines is 1. The van der Waals surface area contributed by atoms with Crippen molar-refractivity contribution < 1.29 is 4.74 Å². The summed E-state index contributed by atoms with van der Waals surface area (Å²) >= 11 is 0. The van der Waals surface area contributed by atoms with E-state index in [1.165, 1.54) is 0 Å². The van der Waals surface area contributed by atoms with Gasteiger partial charge in [-0.1, -0.05) is 6.92 Å². The van der Waals surface area contributed by atoms with Crippen LogP contribution in [0.4, 0.5) is 5.95 Å². The molecular weight excluding hydrogens is 190 g/mol. The highest BCUT2D eigenvalue weighted by Gasteiger charge is 2.10. The Bertz CT molecular complexity index is 285. The SMILES string of the molecule is CCC(C)Nc1nccn1C(C)COC. The van der Waals surface area contributed by atoms with E-state index >= 15 is 0 Å². The topological polar surface area (TPSA) is 39.1 Å². The normalized spacial score (nSPS) is 14.9. The molecule has 0 fully saturated rings. The maximum Gasteiger partial charge on any atom is 0.203 e. The fourth-order valence-electron chi connectivity index (χ4n) is 1.42. The maximum atomic E-state index is 5.14. The molecule has 0 aromatic carbocycles. The van der Waals surface area contributed by atoms with Crippen LogP contribution in [0.5, 0.6) is 0 Å². The van der Waals surface area contributed by atoms with E-state index in [0.29, 0.717) is 18.7 Å². The van der Waals surface area contributed by atoms with Crippen LogP contribution < -0.4 is 5.32 Å². The van der Waals surface area contributed by atoms with Crippen LogP contribution in [0.3, 0.4) is 0 Å². The monoisotopic (exact) mass is 211 g/mol. The van der Waals surface area contributed by atoms with Crippen molar-refractivity contribution in [3.05, 3.63) is 12.4 Å². The molecule has 0 aliphatic heterocycles. The summed E-state index contributed by atoms with van der Waals surface area (Å²) in [6.07, 6.45) is 4.89. The van der Waals surface area contributed by atoms with Crippen LogP contribution in [0.25, 0.3) is 0 Å². The van der Waals surface area contributed by atoms with Gasteiger partial charge in [-0.25, -0.2) is 4.98 Å². The van der Waals surface area contributed by atoms with Gasteiger partial charge < -0.3 is 14.6 Å². The Morgan fingerprint density at radius 1 is 1.53 bits per heavy atom. The molecule has 2 atom stereocenters. The van der Waals surface area contributed by atoms with Gasteiger partial charge in [0.05, 0.1) is 12.6 Å². The first kappa shape index (κ1) is 12.0. The Balaban J connectivity index is 2.68. The third kappa shape index (κ3) is 3.23. The summed E-state index contributed by atoms with van der Waals surface area (Å²) in [5, 5.41) is 3.38. The Morgan fingerprint density at radius 3 is 2.87 bits per heavy atom. The van der Waals surface area contributed by atoms with Gasteiger partial charge in [0, 0.05) is 25.5 Å². The molecule has 1 aromatic heterocycles. The largest absolute Gasteiger partial charge is 0.383 e. The van der Waals surface area contributed by atoms with E-state index in [1.54, 1.807) is 7.11 Å². The summed E-state index contributed by atoms with van der Waals surface area (Å²) in [5.74, 6) is 0.925. The van der Waals surface area contributed by atoms with Gasteiger partial charge in [-0.05, 0) is 20.3 Å². The molecule has 0 saturated heterocycles. The quantitative estimate of drug-likeness (QED) is 0.784. The third-order valence-corrected chi connectivity index (χ3v) is 2.54. The minimum absolute atomic E-state index is 0.309. The molecule has 0 bridgehead atoms.